The standard InChI is InChI=1S/C17H24N4O.ClH/c1-3-5-12-7-11(8-13(6-4-2)15(12)22)9-14-10-20-17(19)21-16(14)18;/h7-8,10,22H,3-6,9H2,1-2H3,(H4,18,19,20,21);1H. The zero-order chi connectivity index (χ0) is 16.1. The van der Waals surface area contributed by atoms with Crippen molar-refractivity contribution in [1.29, 1.82) is 0 Å². The van der Waals surface area contributed by atoms with Gasteiger partial charge in [0.25, 0.3) is 0 Å². The van der Waals surface area contributed by atoms with Crippen molar-refractivity contribution >= 4 is 24.2 Å². The van der Waals surface area contributed by atoms with Crippen LogP contribution in [-0.2, 0) is 19.3 Å². The van der Waals surface area contributed by atoms with Crippen molar-refractivity contribution in [3.05, 3.63) is 40.6 Å². The topological polar surface area (TPSA) is 98.0 Å². The second-order valence-corrected chi connectivity index (χ2v) is 5.58. The van der Waals surface area contributed by atoms with Crippen LogP contribution in [0.15, 0.2) is 18.3 Å². The molecule has 0 saturated heterocycles. The summed E-state index contributed by atoms with van der Waals surface area (Å²) in [5.41, 5.74) is 15.4. The molecule has 1 aromatic carbocycles. The molecule has 6 heteroatoms. The van der Waals surface area contributed by atoms with E-state index in [1.807, 2.05) is 12.1 Å². The van der Waals surface area contributed by atoms with Gasteiger partial charge >= 0.3 is 0 Å². The number of anilines is 2. The quantitative estimate of drug-likeness (QED) is 0.752. The van der Waals surface area contributed by atoms with Gasteiger partial charge in [-0.1, -0.05) is 38.8 Å². The number of halogens is 1. The molecule has 5 nitrogen and oxygen atoms in total. The second-order valence-electron chi connectivity index (χ2n) is 5.58. The van der Waals surface area contributed by atoms with Gasteiger partial charge in [-0.3, -0.25) is 0 Å². The second kappa shape index (κ2) is 8.58. The number of rotatable bonds is 6. The molecule has 0 unspecified atom stereocenters. The number of nitrogens with zero attached hydrogens (tertiary/aromatic N) is 2. The van der Waals surface area contributed by atoms with Crippen molar-refractivity contribution in [2.45, 2.75) is 46.0 Å². The Hall–Kier alpha value is -2.01. The van der Waals surface area contributed by atoms with E-state index in [0.717, 1.165) is 47.9 Å². The molecule has 0 fully saturated rings. The lowest BCUT2D eigenvalue weighted by Gasteiger charge is -2.13. The molecule has 2 aromatic rings. The number of nitrogens with two attached hydrogens (primary N) is 2. The first-order chi connectivity index (χ1) is 10.5. The third-order valence-electron chi connectivity index (χ3n) is 3.68. The summed E-state index contributed by atoms with van der Waals surface area (Å²) in [5.74, 6) is 1.04. The van der Waals surface area contributed by atoms with Gasteiger partial charge in [0.2, 0.25) is 5.95 Å². The Balaban J connectivity index is 0.00000264. The molecule has 0 radical (unpaired) electrons. The Labute approximate surface area is 143 Å². The third kappa shape index (κ3) is 4.73. The molecule has 1 aromatic heterocycles. The summed E-state index contributed by atoms with van der Waals surface area (Å²) in [6, 6.07) is 4.10. The molecular formula is C17H25ClN4O. The van der Waals surface area contributed by atoms with E-state index in [9.17, 15) is 5.11 Å². The van der Waals surface area contributed by atoms with Gasteiger partial charge in [0.05, 0.1) is 0 Å². The average molecular weight is 337 g/mol. The predicted molar refractivity (Wildman–Crippen MR) is 97.0 cm³/mol. The van der Waals surface area contributed by atoms with Crippen LogP contribution in [0.2, 0.25) is 0 Å². The van der Waals surface area contributed by atoms with E-state index in [-0.39, 0.29) is 18.4 Å². The Morgan fingerprint density at radius 2 is 1.57 bits per heavy atom. The molecule has 0 aliphatic heterocycles. The molecule has 5 N–H and O–H groups in total. The van der Waals surface area contributed by atoms with Crippen LogP contribution in [0, 0.1) is 0 Å². The monoisotopic (exact) mass is 336 g/mol. The zero-order valence-electron chi connectivity index (χ0n) is 13.7. The third-order valence-corrected chi connectivity index (χ3v) is 3.68. The van der Waals surface area contributed by atoms with E-state index in [1.165, 1.54) is 0 Å². The Kier molecular flexibility index (Phi) is 7.10. The molecule has 1 heterocycles. The Bertz CT molecular complexity index is 634. The van der Waals surface area contributed by atoms with Crippen molar-refractivity contribution < 1.29 is 5.11 Å². The van der Waals surface area contributed by atoms with Gasteiger partial charge < -0.3 is 16.6 Å². The molecule has 126 valence electrons. The summed E-state index contributed by atoms with van der Waals surface area (Å²) in [6.07, 6.45) is 6.03. The van der Waals surface area contributed by atoms with Gasteiger partial charge in [-0.15, -0.1) is 12.4 Å². The number of hydrogen-bond donors (Lipinski definition) is 3. The average Bonchev–Trinajstić information content (AvgIpc) is 2.47. The van der Waals surface area contributed by atoms with Crippen LogP contribution in [0.3, 0.4) is 0 Å². The van der Waals surface area contributed by atoms with E-state index >= 15 is 0 Å². The number of benzene rings is 1. The minimum Gasteiger partial charge on any atom is -0.507 e. The molecule has 0 atom stereocenters. The van der Waals surface area contributed by atoms with Crippen LogP contribution in [0.5, 0.6) is 5.75 Å². The lowest BCUT2D eigenvalue weighted by atomic mass is 9.95. The smallest absolute Gasteiger partial charge is 0.221 e. The summed E-state index contributed by atoms with van der Waals surface area (Å²) >= 11 is 0. The highest BCUT2D eigenvalue weighted by Crippen LogP contribution is 2.28. The fraction of sp³-hybridized carbons (Fsp3) is 0.412. The summed E-state index contributed by atoms with van der Waals surface area (Å²) in [7, 11) is 0. The van der Waals surface area contributed by atoms with Crippen LogP contribution in [0.4, 0.5) is 11.8 Å². The fourth-order valence-corrected chi connectivity index (χ4v) is 2.64. The highest BCUT2D eigenvalue weighted by Gasteiger charge is 2.11. The number of hydrogen-bond acceptors (Lipinski definition) is 5. The number of aromatic hydroxyl groups is 1. The lowest BCUT2D eigenvalue weighted by Crippen LogP contribution is -2.04. The van der Waals surface area contributed by atoms with Crippen molar-refractivity contribution in [3.63, 3.8) is 0 Å². The lowest BCUT2D eigenvalue weighted by molar-refractivity contribution is 0.459. The van der Waals surface area contributed by atoms with Crippen LogP contribution in [-0.4, -0.2) is 15.1 Å². The van der Waals surface area contributed by atoms with Crippen molar-refractivity contribution in [1.82, 2.24) is 9.97 Å². The number of aromatic nitrogens is 2. The van der Waals surface area contributed by atoms with E-state index in [0.29, 0.717) is 18.0 Å². The normalized spacial score (nSPS) is 10.3. The summed E-state index contributed by atoms with van der Waals surface area (Å²) in [6.45, 7) is 4.22. The molecule has 0 aliphatic carbocycles. The van der Waals surface area contributed by atoms with Gasteiger partial charge in [-0.2, -0.15) is 4.98 Å². The van der Waals surface area contributed by atoms with E-state index in [1.54, 1.807) is 6.20 Å². The molecule has 0 amide bonds. The van der Waals surface area contributed by atoms with E-state index in [4.69, 9.17) is 11.5 Å². The first-order valence-electron chi connectivity index (χ1n) is 7.75. The maximum atomic E-state index is 10.4. The molecule has 0 spiro atoms. The Morgan fingerprint density at radius 3 is 2.04 bits per heavy atom. The maximum absolute atomic E-state index is 10.4. The van der Waals surface area contributed by atoms with Gasteiger partial charge in [0.15, 0.2) is 0 Å². The van der Waals surface area contributed by atoms with E-state index < -0.39 is 0 Å². The minimum atomic E-state index is 0. The van der Waals surface area contributed by atoms with Gasteiger partial charge in [-0.05, 0) is 29.5 Å². The number of phenols is 1. The number of phenolic OH excluding ortho intramolecular Hbond substituents is 1. The van der Waals surface area contributed by atoms with Crippen molar-refractivity contribution in [3.8, 4) is 5.75 Å². The predicted octanol–water partition coefficient (Wildman–Crippen LogP) is 3.26. The van der Waals surface area contributed by atoms with Gasteiger partial charge in [0, 0.05) is 18.2 Å². The maximum Gasteiger partial charge on any atom is 0.221 e. The SMILES string of the molecule is CCCc1cc(Cc2cnc(N)nc2N)cc(CCC)c1O.Cl. The molecular weight excluding hydrogens is 312 g/mol. The van der Waals surface area contributed by atoms with Crippen LogP contribution in [0.25, 0.3) is 0 Å². The first kappa shape index (κ1) is 19.0. The van der Waals surface area contributed by atoms with E-state index in [2.05, 4.69) is 23.8 Å². The fourth-order valence-electron chi connectivity index (χ4n) is 2.64. The Morgan fingerprint density at radius 1 is 1.00 bits per heavy atom. The number of nitrogen functional groups attached to an aromatic ring is 2. The van der Waals surface area contributed by atoms with Crippen molar-refractivity contribution in [2.75, 3.05) is 11.5 Å². The zero-order valence-corrected chi connectivity index (χ0v) is 14.5. The summed E-state index contributed by atoms with van der Waals surface area (Å²) < 4.78 is 0. The number of aryl methyl sites for hydroxylation is 2. The van der Waals surface area contributed by atoms with Gasteiger partial charge in [-0.25, -0.2) is 4.98 Å². The van der Waals surface area contributed by atoms with Crippen molar-refractivity contribution in [2.24, 2.45) is 0 Å². The van der Waals surface area contributed by atoms with Crippen LogP contribution < -0.4 is 11.5 Å². The molecule has 2 rings (SSSR count). The molecule has 0 aliphatic rings. The largest absolute Gasteiger partial charge is 0.507 e. The molecule has 23 heavy (non-hydrogen) atoms. The first-order valence-corrected chi connectivity index (χ1v) is 7.75. The summed E-state index contributed by atoms with van der Waals surface area (Å²) in [5, 5.41) is 10.4. The highest BCUT2D eigenvalue weighted by atomic mass is 35.5. The highest BCUT2D eigenvalue weighted by molar-refractivity contribution is 5.85. The van der Waals surface area contributed by atoms with Crippen LogP contribution in [0.1, 0.15) is 48.9 Å². The van der Waals surface area contributed by atoms with Gasteiger partial charge in [0.1, 0.15) is 11.6 Å². The molecule has 0 bridgehead atoms. The minimum absolute atomic E-state index is 0. The molecule has 0 saturated carbocycles. The summed E-state index contributed by atoms with van der Waals surface area (Å²) in [4.78, 5) is 8.01. The van der Waals surface area contributed by atoms with Crippen LogP contribution >= 0.6 is 12.4 Å².